The van der Waals surface area contributed by atoms with E-state index in [0.29, 0.717) is 12.2 Å². The number of piperidine rings is 1. The van der Waals surface area contributed by atoms with Gasteiger partial charge in [-0.3, -0.25) is 4.79 Å². The maximum atomic E-state index is 13.1. The summed E-state index contributed by atoms with van der Waals surface area (Å²) in [4.78, 5) is 15.6. The van der Waals surface area contributed by atoms with Crippen LogP contribution in [0.2, 0.25) is 0 Å². The molecule has 0 radical (unpaired) electrons. The molecular formula is C26H27N3O2. The van der Waals surface area contributed by atoms with Crippen molar-refractivity contribution in [1.29, 1.82) is 0 Å². The highest BCUT2D eigenvalue weighted by molar-refractivity contribution is 6.06. The zero-order valence-corrected chi connectivity index (χ0v) is 17.8. The summed E-state index contributed by atoms with van der Waals surface area (Å²) in [5.74, 6) is -0.135. The Bertz CT molecular complexity index is 1180. The average Bonchev–Trinajstić information content (AvgIpc) is 3.39. The molecule has 31 heavy (non-hydrogen) atoms. The van der Waals surface area contributed by atoms with E-state index in [4.69, 9.17) is 4.42 Å². The first-order chi connectivity index (χ1) is 15.2. The number of carbonyl (C=O) groups is 1. The maximum absolute atomic E-state index is 13.1. The van der Waals surface area contributed by atoms with Crippen LogP contribution >= 0.6 is 0 Å². The van der Waals surface area contributed by atoms with E-state index in [1.165, 1.54) is 30.5 Å². The Morgan fingerprint density at radius 2 is 1.71 bits per heavy atom. The number of carbonyl (C=O) groups excluding carboxylic acids is 1. The van der Waals surface area contributed by atoms with Crippen molar-refractivity contribution in [1.82, 2.24) is 4.57 Å². The van der Waals surface area contributed by atoms with Crippen molar-refractivity contribution < 1.29 is 9.21 Å². The number of rotatable bonds is 5. The molecule has 1 aliphatic rings. The molecule has 1 N–H and O–H groups in total. The van der Waals surface area contributed by atoms with Crippen LogP contribution in [0.4, 0.5) is 11.4 Å². The molecule has 2 aromatic heterocycles. The highest BCUT2D eigenvalue weighted by Gasteiger charge is 2.18. The minimum Gasteiger partial charge on any atom is -0.463 e. The molecule has 1 aliphatic heterocycles. The van der Waals surface area contributed by atoms with Crippen LogP contribution in [-0.4, -0.2) is 23.6 Å². The Labute approximate surface area is 182 Å². The largest absolute Gasteiger partial charge is 0.463 e. The first kappa shape index (κ1) is 19.5. The molecule has 0 unspecified atom stereocenters. The summed E-state index contributed by atoms with van der Waals surface area (Å²) < 4.78 is 7.59. The van der Waals surface area contributed by atoms with E-state index < -0.39 is 0 Å². The Morgan fingerprint density at radius 1 is 0.968 bits per heavy atom. The monoisotopic (exact) mass is 413 g/mol. The number of aromatic nitrogens is 1. The van der Waals surface area contributed by atoms with E-state index in [9.17, 15) is 4.79 Å². The number of nitrogens with one attached hydrogen (secondary N) is 1. The fraction of sp³-hybridized carbons (Fsp3) is 0.269. The van der Waals surface area contributed by atoms with Gasteiger partial charge in [0.05, 0.1) is 11.8 Å². The third-order valence-corrected chi connectivity index (χ3v) is 6.06. The van der Waals surface area contributed by atoms with Gasteiger partial charge in [0.15, 0.2) is 5.58 Å². The molecule has 4 aromatic rings. The number of amides is 1. The van der Waals surface area contributed by atoms with Crippen LogP contribution in [0.25, 0.3) is 11.1 Å². The second kappa shape index (κ2) is 8.34. The molecular weight excluding hydrogens is 386 g/mol. The first-order valence-corrected chi connectivity index (χ1v) is 11.0. The van der Waals surface area contributed by atoms with Crippen LogP contribution in [0.3, 0.4) is 0 Å². The summed E-state index contributed by atoms with van der Waals surface area (Å²) in [6.45, 7) is 4.90. The van der Waals surface area contributed by atoms with Gasteiger partial charge in [-0.1, -0.05) is 29.8 Å². The van der Waals surface area contributed by atoms with Gasteiger partial charge in [0, 0.05) is 43.1 Å². The van der Waals surface area contributed by atoms with Crippen LogP contribution in [0.5, 0.6) is 0 Å². The molecule has 0 aliphatic carbocycles. The van der Waals surface area contributed by atoms with Gasteiger partial charge in [-0.2, -0.15) is 0 Å². The molecule has 0 atom stereocenters. The number of aryl methyl sites for hydroxylation is 1. The summed E-state index contributed by atoms with van der Waals surface area (Å²) in [5, 5.41) is 3.05. The number of fused-ring (bicyclic) bond motifs is 1. The maximum Gasteiger partial charge on any atom is 0.272 e. The number of hydrogen-bond donors (Lipinski definition) is 1. The molecule has 3 heterocycles. The van der Waals surface area contributed by atoms with Gasteiger partial charge in [0.2, 0.25) is 0 Å². The molecule has 158 valence electrons. The van der Waals surface area contributed by atoms with Gasteiger partial charge >= 0.3 is 0 Å². The van der Waals surface area contributed by atoms with Crippen molar-refractivity contribution in [3.05, 3.63) is 83.7 Å². The Balaban J connectivity index is 1.37. The summed E-state index contributed by atoms with van der Waals surface area (Å²) in [5.41, 5.74) is 6.61. The Kier molecular flexibility index (Phi) is 5.24. The number of anilines is 2. The third-order valence-electron chi connectivity index (χ3n) is 6.06. The van der Waals surface area contributed by atoms with E-state index in [1.54, 1.807) is 6.26 Å². The van der Waals surface area contributed by atoms with E-state index >= 15 is 0 Å². The standard InChI is InChI=1S/C26H27N3O2/c1-19-5-7-20(8-6-19)18-29-23-13-16-31-25(23)17-24(29)26(30)27-21-9-11-22(12-10-21)28-14-3-2-4-15-28/h5-13,16-17H,2-4,14-15,18H2,1H3,(H,27,30). The molecule has 1 saturated heterocycles. The van der Waals surface area contributed by atoms with Crippen LogP contribution in [0, 0.1) is 6.92 Å². The zero-order valence-electron chi connectivity index (χ0n) is 17.8. The zero-order chi connectivity index (χ0) is 21.2. The van der Waals surface area contributed by atoms with E-state index in [-0.39, 0.29) is 5.91 Å². The predicted molar refractivity (Wildman–Crippen MR) is 125 cm³/mol. The Hall–Kier alpha value is -3.47. The lowest BCUT2D eigenvalue weighted by molar-refractivity contribution is 0.101. The average molecular weight is 414 g/mol. The SMILES string of the molecule is Cc1ccc(Cn2c(C(=O)Nc3ccc(N4CCCCC4)cc3)cc3occc32)cc1. The van der Waals surface area contributed by atoms with Crippen molar-refractivity contribution in [2.45, 2.75) is 32.7 Å². The molecule has 0 bridgehead atoms. The molecule has 1 amide bonds. The molecule has 2 aromatic carbocycles. The second-order valence-corrected chi connectivity index (χ2v) is 8.32. The lowest BCUT2D eigenvalue weighted by Crippen LogP contribution is -2.29. The van der Waals surface area contributed by atoms with Crippen LogP contribution in [-0.2, 0) is 6.54 Å². The van der Waals surface area contributed by atoms with Crippen LogP contribution in [0.1, 0.15) is 40.9 Å². The smallest absolute Gasteiger partial charge is 0.272 e. The number of hydrogen-bond acceptors (Lipinski definition) is 3. The normalized spacial score (nSPS) is 14.2. The van der Waals surface area contributed by atoms with Gasteiger partial charge in [-0.25, -0.2) is 0 Å². The minimum atomic E-state index is -0.135. The topological polar surface area (TPSA) is 50.4 Å². The summed E-state index contributed by atoms with van der Waals surface area (Å²) in [7, 11) is 0. The van der Waals surface area contributed by atoms with Crippen molar-refractivity contribution in [2.75, 3.05) is 23.3 Å². The minimum absolute atomic E-state index is 0.135. The molecule has 0 spiro atoms. The van der Waals surface area contributed by atoms with Crippen LogP contribution in [0.15, 0.2) is 71.3 Å². The van der Waals surface area contributed by atoms with Crippen molar-refractivity contribution in [3.8, 4) is 0 Å². The lowest BCUT2D eigenvalue weighted by Gasteiger charge is -2.28. The predicted octanol–water partition coefficient (Wildman–Crippen LogP) is 5.83. The molecule has 5 heteroatoms. The van der Waals surface area contributed by atoms with Gasteiger partial charge in [-0.05, 0) is 56.0 Å². The quantitative estimate of drug-likeness (QED) is 0.448. The summed E-state index contributed by atoms with van der Waals surface area (Å²) >= 11 is 0. The fourth-order valence-electron chi connectivity index (χ4n) is 4.31. The molecule has 0 saturated carbocycles. The number of benzene rings is 2. The van der Waals surface area contributed by atoms with Crippen molar-refractivity contribution in [2.24, 2.45) is 0 Å². The Morgan fingerprint density at radius 3 is 2.45 bits per heavy atom. The van der Waals surface area contributed by atoms with Gasteiger partial charge in [-0.15, -0.1) is 0 Å². The van der Waals surface area contributed by atoms with Gasteiger partial charge < -0.3 is 19.2 Å². The van der Waals surface area contributed by atoms with E-state index in [2.05, 4.69) is 53.5 Å². The number of furan rings is 1. The van der Waals surface area contributed by atoms with Gasteiger partial charge in [0.25, 0.3) is 5.91 Å². The molecule has 1 fully saturated rings. The van der Waals surface area contributed by atoms with E-state index in [1.807, 2.05) is 28.8 Å². The summed E-state index contributed by atoms with van der Waals surface area (Å²) in [6, 6.07) is 20.3. The second-order valence-electron chi connectivity index (χ2n) is 8.32. The van der Waals surface area contributed by atoms with Gasteiger partial charge in [0.1, 0.15) is 5.69 Å². The third kappa shape index (κ3) is 4.08. The summed E-state index contributed by atoms with van der Waals surface area (Å²) in [6.07, 6.45) is 5.47. The fourth-order valence-corrected chi connectivity index (χ4v) is 4.31. The highest BCUT2D eigenvalue weighted by Crippen LogP contribution is 2.25. The highest BCUT2D eigenvalue weighted by atomic mass is 16.3. The van der Waals surface area contributed by atoms with Crippen molar-refractivity contribution >= 4 is 28.4 Å². The van der Waals surface area contributed by atoms with Crippen LogP contribution < -0.4 is 10.2 Å². The first-order valence-electron chi connectivity index (χ1n) is 11.0. The lowest BCUT2D eigenvalue weighted by atomic mass is 10.1. The van der Waals surface area contributed by atoms with Crippen molar-refractivity contribution in [3.63, 3.8) is 0 Å². The van der Waals surface area contributed by atoms with E-state index in [0.717, 1.165) is 35.4 Å². The molecule has 5 nitrogen and oxygen atoms in total. The molecule has 5 rings (SSSR count). The number of nitrogens with zero attached hydrogens (tertiary/aromatic N) is 2.